The van der Waals surface area contributed by atoms with Crippen molar-refractivity contribution in [2.75, 3.05) is 19.7 Å². The molecule has 3 N–H and O–H groups in total. The number of ether oxygens (including phenoxy) is 1. The van der Waals surface area contributed by atoms with E-state index >= 15 is 0 Å². The molecule has 4 rings (SSSR count). The molecular formula is C23H30N4O4. The Hall–Kier alpha value is -2.74. The number of carbonyl (C=O) groups is 2. The summed E-state index contributed by atoms with van der Waals surface area (Å²) in [6.07, 6.45) is 9.35. The molecule has 2 fully saturated rings. The fraction of sp³-hybridized carbons (Fsp3) is 0.565. The number of carbonyl (C=O) groups excluding carboxylic acids is 2. The lowest BCUT2D eigenvalue weighted by atomic mass is 9.65. The quantitative estimate of drug-likeness (QED) is 0.317. The van der Waals surface area contributed by atoms with Gasteiger partial charge in [-0.2, -0.15) is 0 Å². The van der Waals surface area contributed by atoms with E-state index in [4.69, 9.17) is 15.3 Å². The van der Waals surface area contributed by atoms with Crippen molar-refractivity contribution in [1.82, 2.24) is 15.2 Å². The van der Waals surface area contributed by atoms with Gasteiger partial charge in [0.05, 0.1) is 17.4 Å². The topological polar surface area (TPSA) is 116 Å². The van der Waals surface area contributed by atoms with Crippen LogP contribution in [0.15, 0.2) is 24.4 Å². The number of nitrogens with one attached hydrogen (secondary N) is 2. The van der Waals surface area contributed by atoms with Gasteiger partial charge in [-0.15, -0.1) is 0 Å². The van der Waals surface area contributed by atoms with Crippen molar-refractivity contribution in [3.63, 3.8) is 0 Å². The second-order valence-corrected chi connectivity index (χ2v) is 8.79. The minimum atomic E-state index is -0.885. The smallest absolute Gasteiger partial charge is 0.265 e. The molecule has 1 aromatic rings. The average Bonchev–Trinajstić information content (AvgIpc) is 2.90. The Labute approximate surface area is 182 Å². The van der Waals surface area contributed by atoms with Gasteiger partial charge in [-0.1, -0.05) is 12.2 Å². The molecule has 8 heteroatoms. The SMILES string of the molecule is Cc1cc(C(C)N2CC3(C(=N)C(=O)NCCCO)C=CC3C2=O)cnc1OC1CCC1. The number of aromatic nitrogens is 1. The van der Waals surface area contributed by atoms with Gasteiger partial charge in [0.1, 0.15) is 11.8 Å². The molecule has 31 heavy (non-hydrogen) atoms. The summed E-state index contributed by atoms with van der Waals surface area (Å²) in [4.78, 5) is 31.8. The molecule has 166 valence electrons. The van der Waals surface area contributed by atoms with Crippen molar-refractivity contribution >= 4 is 17.5 Å². The number of nitrogens with zero attached hydrogens (tertiary/aromatic N) is 2. The first kappa shape index (κ1) is 21.5. The maximum atomic E-state index is 13.1. The Morgan fingerprint density at radius 2 is 2.26 bits per heavy atom. The third kappa shape index (κ3) is 3.73. The average molecular weight is 427 g/mol. The normalized spacial score (nSPS) is 25.5. The van der Waals surface area contributed by atoms with Gasteiger partial charge in [-0.25, -0.2) is 4.98 Å². The van der Waals surface area contributed by atoms with Gasteiger partial charge in [0.25, 0.3) is 5.91 Å². The first-order valence-electron chi connectivity index (χ1n) is 11.0. The van der Waals surface area contributed by atoms with Gasteiger partial charge in [0.15, 0.2) is 0 Å². The molecular weight excluding hydrogens is 396 g/mol. The monoisotopic (exact) mass is 426 g/mol. The standard InChI is InChI=1S/C23H30N4O4/c1-14-11-16(12-26-21(14)31-17-5-3-6-17)15(2)27-13-23(8-7-18(23)22(27)30)19(24)20(29)25-9-4-10-28/h7-8,11-12,15,17-18,24,28H,3-6,9-10,13H2,1-2H3,(H,25,29). The number of aliphatic hydroxyl groups is 1. The molecule has 8 nitrogen and oxygen atoms in total. The summed E-state index contributed by atoms with van der Waals surface area (Å²) < 4.78 is 5.93. The molecule has 1 aromatic heterocycles. The van der Waals surface area contributed by atoms with Crippen molar-refractivity contribution in [2.45, 2.75) is 51.7 Å². The van der Waals surface area contributed by atoms with Crippen LogP contribution in [-0.2, 0) is 9.59 Å². The van der Waals surface area contributed by atoms with E-state index in [1.54, 1.807) is 23.2 Å². The van der Waals surface area contributed by atoms with E-state index in [1.165, 1.54) is 6.42 Å². The second kappa shape index (κ2) is 8.42. The zero-order valence-corrected chi connectivity index (χ0v) is 18.1. The Morgan fingerprint density at radius 3 is 2.84 bits per heavy atom. The van der Waals surface area contributed by atoms with E-state index < -0.39 is 17.2 Å². The first-order chi connectivity index (χ1) is 14.9. The highest BCUT2D eigenvalue weighted by Crippen LogP contribution is 2.49. The Bertz CT molecular complexity index is 926. The summed E-state index contributed by atoms with van der Waals surface area (Å²) in [7, 11) is 0. The number of aliphatic hydroxyl groups excluding tert-OH is 1. The van der Waals surface area contributed by atoms with E-state index in [2.05, 4.69) is 10.3 Å². The number of amides is 2. The van der Waals surface area contributed by atoms with E-state index in [0.29, 0.717) is 25.4 Å². The summed E-state index contributed by atoms with van der Waals surface area (Å²) in [5, 5.41) is 20.0. The van der Waals surface area contributed by atoms with Crippen molar-refractivity contribution in [1.29, 1.82) is 5.41 Å². The number of hydrogen-bond donors (Lipinski definition) is 3. The van der Waals surface area contributed by atoms with Crippen LogP contribution >= 0.6 is 0 Å². The maximum Gasteiger partial charge on any atom is 0.265 e. The molecule has 1 saturated heterocycles. The third-order valence-corrected chi connectivity index (χ3v) is 6.77. The Balaban J connectivity index is 1.47. The zero-order chi connectivity index (χ0) is 22.2. The molecule has 1 aliphatic heterocycles. The molecule has 0 bridgehead atoms. The third-order valence-electron chi connectivity index (χ3n) is 6.77. The van der Waals surface area contributed by atoms with E-state index in [9.17, 15) is 9.59 Å². The highest BCUT2D eigenvalue weighted by Gasteiger charge is 2.59. The van der Waals surface area contributed by atoms with Gasteiger partial charge in [0.2, 0.25) is 11.8 Å². The summed E-state index contributed by atoms with van der Waals surface area (Å²) >= 11 is 0. The lowest BCUT2D eigenvalue weighted by Gasteiger charge is -2.35. The van der Waals surface area contributed by atoms with Crippen LogP contribution in [0.5, 0.6) is 5.88 Å². The number of aryl methyl sites for hydroxylation is 1. The molecule has 2 heterocycles. The van der Waals surface area contributed by atoms with Crippen LogP contribution in [0.25, 0.3) is 0 Å². The lowest BCUT2D eigenvalue weighted by Crippen LogP contribution is -2.49. The largest absolute Gasteiger partial charge is 0.474 e. The number of rotatable bonds is 9. The summed E-state index contributed by atoms with van der Waals surface area (Å²) in [6.45, 7) is 4.48. The molecule has 3 unspecified atom stereocenters. The van der Waals surface area contributed by atoms with Crippen LogP contribution < -0.4 is 10.1 Å². The molecule has 3 atom stereocenters. The van der Waals surface area contributed by atoms with Crippen molar-refractivity contribution in [3.05, 3.63) is 35.5 Å². The van der Waals surface area contributed by atoms with Crippen LogP contribution in [0.4, 0.5) is 0 Å². The van der Waals surface area contributed by atoms with Gasteiger partial charge >= 0.3 is 0 Å². The Morgan fingerprint density at radius 1 is 1.48 bits per heavy atom. The number of likely N-dealkylation sites (tertiary alicyclic amines) is 1. The molecule has 0 spiro atoms. The van der Waals surface area contributed by atoms with Gasteiger partial charge in [0, 0.05) is 31.5 Å². The van der Waals surface area contributed by atoms with Gasteiger partial charge in [-0.3, -0.25) is 15.0 Å². The molecule has 1 saturated carbocycles. The van der Waals surface area contributed by atoms with E-state index in [0.717, 1.165) is 24.0 Å². The number of hydrogen-bond acceptors (Lipinski definition) is 6. The van der Waals surface area contributed by atoms with Crippen LogP contribution in [0.1, 0.15) is 49.8 Å². The predicted octanol–water partition coefficient (Wildman–Crippen LogP) is 1.92. The predicted molar refractivity (Wildman–Crippen MR) is 115 cm³/mol. The molecule has 2 aliphatic carbocycles. The minimum absolute atomic E-state index is 0.0248. The first-order valence-corrected chi connectivity index (χ1v) is 11.0. The fourth-order valence-corrected chi connectivity index (χ4v) is 4.41. The second-order valence-electron chi connectivity index (χ2n) is 8.79. The van der Waals surface area contributed by atoms with Gasteiger partial charge < -0.3 is 20.1 Å². The zero-order valence-electron chi connectivity index (χ0n) is 18.1. The molecule has 2 amide bonds. The van der Waals surface area contributed by atoms with Crippen LogP contribution in [-0.4, -0.2) is 58.3 Å². The molecule has 0 radical (unpaired) electrons. The van der Waals surface area contributed by atoms with Gasteiger partial charge in [-0.05, 0) is 51.2 Å². The van der Waals surface area contributed by atoms with Crippen LogP contribution in [0.2, 0.25) is 0 Å². The molecule has 3 aliphatic rings. The minimum Gasteiger partial charge on any atom is -0.474 e. The van der Waals surface area contributed by atoms with Crippen molar-refractivity contribution in [3.8, 4) is 5.88 Å². The lowest BCUT2D eigenvalue weighted by molar-refractivity contribution is -0.131. The Kier molecular flexibility index (Phi) is 5.83. The van der Waals surface area contributed by atoms with Crippen molar-refractivity contribution in [2.24, 2.45) is 11.3 Å². The van der Waals surface area contributed by atoms with Crippen molar-refractivity contribution < 1.29 is 19.4 Å². The van der Waals surface area contributed by atoms with Crippen LogP contribution in [0.3, 0.4) is 0 Å². The number of pyridine rings is 1. The summed E-state index contributed by atoms with van der Waals surface area (Å²) in [6, 6.07) is 1.78. The highest BCUT2D eigenvalue weighted by molar-refractivity contribution is 6.41. The molecule has 0 aromatic carbocycles. The fourth-order valence-electron chi connectivity index (χ4n) is 4.41. The summed E-state index contributed by atoms with van der Waals surface area (Å²) in [5.41, 5.74) is 0.862. The highest BCUT2D eigenvalue weighted by atomic mass is 16.5. The van der Waals surface area contributed by atoms with Crippen LogP contribution in [0, 0.1) is 23.7 Å². The maximum absolute atomic E-state index is 13.1. The number of fused-ring (bicyclic) bond motifs is 1. The summed E-state index contributed by atoms with van der Waals surface area (Å²) in [5.74, 6) is -0.398. The van der Waals surface area contributed by atoms with E-state index in [-0.39, 0.29) is 30.4 Å². The van der Waals surface area contributed by atoms with E-state index in [1.807, 2.05) is 19.9 Å².